The number of H-pyrrole nitrogens is 1. The van der Waals surface area contributed by atoms with Gasteiger partial charge in [0, 0.05) is 30.7 Å². The molecule has 3 aliphatic carbocycles. The van der Waals surface area contributed by atoms with Gasteiger partial charge in [-0.1, -0.05) is 0 Å². The molecular formula is C19H24N4O. The Morgan fingerprint density at radius 1 is 1.21 bits per heavy atom. The molecule has 0 amide bonds. The van der Waals surface area contributed by atoms with Crippen LogP contribution in [0, 0.1) is 11.8 Å². The average molecular weight is 324 g/mol. The van der Waals surface area contributed by atoms with Gasteiger partial charge in [-0.2, -0.15) is 0 Å². The molecule has 4 fully saturated rings. The molecule has 0 bridgehead atoms. The Morgan fingerprint density at radius 2 is 2.17 bits per heavy atom. The van der Waals surface area contributed by atoms with Crippen LogP contribution in [0.15, 0.2) is 12.3 Å². The highest BCUT2D eigenvalue weighted by molar-refractivity contribution is 5.87. The number of fused-ring (bicyclic) bond motifs is 1. The number of ether oxygens (including phenoxy) is 1. The zero-order valence-corrected chi connectivity index (χ0v) is 13.9. The maximum absolute atomic E-state index is 6.28. The predicted molar refractivity (Wildman–Crippen MR) is 92.0 cm³/mol. The average Bonchev–Trinajstić information content (AvgIpc) is 3.25. The van der Waals surface area contributed by atoms with Crippen LogP contribution in [-0.2, 0) is 4.74 Å². The van der Waals surface area contributed by atoms with Crippen LogP contribution in [0.5, 0.6) is 0 Å². The van der Waals surface area contributed by atoms with Gasteiger partial charge < -0.3 is 15.0 Å². The molecule has 3 saturated carbocycles. The molecule has 24 heavy (non-hydrogen) atoms. The van der Waals surface area contributed by atoms with E-state index in [1.807, 2.05) is 6.20 Å². The number of hydrogen-bond acceptors (Lipinski definition) is 4. The van der Waals surface area contributed by atoms with Crippen molar-refractivity contribution >= 4 is 16.9 Å². The molecule has 2 N–H and O–H groups in total. The number of hydrogen-bond donors (Lipinski definition) is 2. The second-order valence-corrected chi connectivity index (χ2v) is 8.22. The molecule has 4 unspecified atom stereocenters. The van der Waals surface area contributed by atoms with E-state index < -0.39 is 0 Å². The minimum atomic E-state index is 0.194. The lowest BCUT2D eigenvalue weighted by molar-refractivity contribution is -0.160. The molecule has 0 aromatic carbocycles. The molecule has 5 heteroatoms. The minimum Gasteiger partial charge on any atom is -0.374 e. The number of aromatic nitrogens is 3. The molecule has 1 aliphatic heterocycles. The van der Waals surface area contributed by atoms with E-state index in [1.54, 1.807) is 0 Å². The van der Waals surface area contributed by atoms with Crippen molar-refractivity contribution in [2.24, 2.45) is 11.8 Å². The van der Waals surface area contributed by atoms with Crippen LogP contribution in [-0.4, -0.2) is 33.2 Å². The van der Waals surface area contributed by atoms with E-state index in [1.165, 1.54) is 44.9 Å². The third-order valence-electron chi connectivity index (χ3n) is 6.96. The quantitative estimate of drug-likeness (QED) is 0.905. The van der Waals surface area contributed by atoms with Gasteiger partial charge in [-0.05, 0) is 56.9 Å². The molecular weight excluding hydrogens is 300 g/mol. The lowest BCUT2D eigenvalue weighted by Crippen LogP contribution is -2.61. The molecule has 1 spiro atoms. The summed E-state index contributed by atoms with van der Waals surface area (Å²) in [6, 6.07) is 2.59. The van der Waals surface area contributed by atoms with Crippen molar-refractivity contribution in [2.75, 3.05) is 11.9 Å². The molecule has 2 aromatic heterocycles. The van der Waals surface area contributed by atoms with E-state index >= 15 is 0 Å². The Morgan fingerprint density at radius 3 is 3.04 bits per heavy atom. The normalized spacial score (nSPS) is 37.8. The van der Waals surface area contributed by atoms with Crippen LogP contribution < -0.4 is 5.32 Å². The van der Waals surface area contributed by atoms with Gasteiger partial charge in [0.05, 0.1) is 11.0 Å². The lowest BCUT2D eigenvalue weighted by Gasteiger charge is -2.57. The third-order valence-corrected chi connectivity index (χ3v) is 6.96. The van der Waals surface area contributed by atoms with Gasteiger partial charge >= 0.3 is 0 Å². The first-order chi connectivity index (χ1) is 11.8. The molecule has 2 aromatic rings. The summed E-state index contributed by atoms with van der Waals surface area (Å²) in [6.07, 6.45) is 10.8. The minimum absolute atomic E-state index is 0.194. The van der Waals surface area contributed by atoms with Crippen molar-refractivity contribution in [3.05, 3.63) is 18.1 Å². The molecule has 4 atom stereocenters. The first-order valence-electron chi connectivity index (χ1n) is 9.59. The SMILES string of the molecule is c1cc2c(NC3CCCC45OCCC4CC35)nc(C3CC3)nc2[nH]1. The van der Waals surface area contributed by atoms with Gasteiger partial charge in [0.15, 0.2) is 0 Å². The fraction of sp³-hybridized carbons (Fsp3) is 0.684. The summed E-state index contributed by atoms with van der Waals surface area (Å²) < 4.78 is 6.28. The van der Waals surface area contributed by atoms with Crippen molar-refractivity contribution in [1.29, 1.82) is 0 Å². The van der Waals surface area contributed by atoms with Gasteiger partial charge in [0.1, 0.15) is 17.3 Å². The monoisotopic (exact) mass is 324 g/mol. The van der Waals surface area contributed by atoms with Gasteiger partial charge in [-0.25, -0.2) is 9.97 Å². The van der Waals surface area contributed by atoms with E-state index in [2.05, 4.69) is 16.4 Å². The van der Waals surface area contributed by atoms with Crippen molar-refractivity contribution in [2.45, 2.75) is 62.5 Å². The molecule has 126 valence electrons. The standard InChI is InChI=1S/C19H24N4O/c1-2-15(14-10-12-6-9-24-19(12,14)7-1)21-18-13-5-8-20-17(13)22-16(23-18)11-3-4-11/h5,8,11-12,14-15H,1-4,6-7,9-10H2,(H2,20,21,22,23). The van der Waals surface area contributed by atoms with Crippen molar-refractivity contribution in [3.63, 3.8) is 0 Å². The van der Waals surface area contributed by atoms with Crippen LogP contribution >= 0.6 is 0 Å². The Labute approximate surface area is 141 Å². The van der Waals surface area contributed by atoms with E-state index in [0.717, 1.165) is 35.2 Å². The topological polar surface area (TPSA) is 62.8 Å². The molecule has 4 aliphatic rings. The van der Waals surface area contributed by atoms with Gasteiger partial charge in [-0.3, -0.25) is 0 Å². The first-order valence-corrected chi connectivity index (χ1v) is 9.59. The number of anilines is 1. The number of aromatic amines is 1. The molecule has 5 nitrogen and oxygen atoms in total. The van der Waals surface area contributed by atoms with Crippen LogP contribution in [0.3, 0.4) is 0 Å². The summed E-state index contributed by atoms with van der Waals surface area (Å²) >= 11 is 0. The number of nitrogens with one attached hydrogen (secondary N) is 2. The van der Waals surface area contributed by atoms with Crippen molar-refractivity contribution < 1.29 is 4.74 Å². The lowest BCUT2D eigenvalue weighted by atomic mass is 9.53. The van der Waals surface area contributed by atoms with Crippen LogP contribution in [0.4, 0.5) is 5.82 Å². The van der Waals surface area contributed by atoms with Crippen LogP contribution in [0.1, 0.15) is 56.7 Å². The molecule has 1 saturated heterocycles. The van der Waals surface area contributed by atoms with Gasteiger partial charge in [0.2, 0.25) is 0 Å². The zero-order chi connectivity index (χ0) is 15.7. The maximum Gasteiger partial charge on any atom is 0.143 e. The summed E-state index contributed by atoms with van der Waals surface area (Å²) in [5, 5.41) is 4.95. The zero-order valence-electron chi connectivity index (χ0n) is 13.9. The highest BCUT2D eigenvalue weighted by Crippen LogP contribution is 2.59. The van der Waals surface area contributed by atoms with Crippen molar-refractivity contribution in [3.8, 4) is 0 Å². The second kappa shape index (κ2) is 4.72. The third kappa shape index (κ3) is 1.79. The van der Waals surface area contributed by atoms with E-state index in [0.29, 0.717) is 17.9 Å². The highest BCUT2D eigenvalue weighted by Gasteiger charge is 2.62. The largest absolute Gasteiger partial charge is 0.374 e. The summed E-state index contributed by atoms with van der Waals surface area (Å²) in [5.74, 6) is 4.09. The summed E-state index contributed by atoms with van der Waals surface area (Å²) in [4.78, 5) is 12.9. The Kier molecular flexibility index (Phi) is 2.68. The fourth-order valence-corrected chi connectivity index (χ4v) is 5.53. The maximum atomic E-state index is 6.28. The van der Waals surface area contributed by atoms with E-state index in [9.17, 15) is 0 Å². The first kappa shape index (κ1) is 13.6. The summed E-state index contributed by atoms with van der Waals surface area (Å²) in [5.41, 5.74) is 1.17. The van der Waals surface area contributed by atoms with E-state index in [4.69, 9.17) is 14.7 Å². The Balaban J connectivity index is 1.34. The van der Waals surface area contributed by atoms with E-state index in [-0.39, 0.29) is 5.60 Å². The smallest absolute Gasteiger partial charge is 0.143 e. The number of rotatable bonds is 3. The molecule has 3 heterocycles. The summed E-state index contributed by atoms with van der Waals surface area (Å²) in [7, 11) is 0. The second-order valence-electron chi connectivity index (χ2n) is 8.22. The van der Waals surface area contributed by atoms with Gasteiger partial charge in [-0.15, -0.1) is 0 Å². The molecule has 0 radical (unpaired) electrons. The fourth-order valence-electron chi connectivity index (χ4n) is 5.53. The van der Waals surface area contributed by atoms with Crippen LogP contribution in [0.2, 0.25) is 0 Å². The van der Waals surface area contributed by atoms with Crippen molar-refractivity contribution in [1.82, 2.24) is 15.0 Å². The van der Waals surface area contributed by atoms with Gasteiger partial charge in [0.25, 0.3) is 0 Å². The Hall–Kier alpha value is -1.62. The molecule has 6 rings (SSSR count). The number of nitrogens with zero attached hydrogens (tertiary/aromatic N) is 2. The highest BCUT2D eigenvalue weighted by atomic mass is 16.5. The summed E-state index contributed by atoms with van der Waals surface area (Å²) in [6.45, 7) is 0.968. The predicted octanol–water partition coefficient (Wildman–Crippen LogP) is 3.59. The van der Waals surface area contributed by atoms with Crippen LogP contribution in [0.25, 0.3) is 11.0 Å². The Bertz CT molecular complexity index is 798.